The zero-order valence-electron chi connectivity index (χ0n) is 14.5. The molecule has 1 amide bonds. The number of carbonyl (C=O) groups is 1. The van der Waals surface area contributed by atoms with Gasteiger partial charge in [-0.1, -0.05) is 18.2 Å². The van der Waals surface area contributed by atoms with Gasteiger partial charge in [0.1, 0.15) is 6.61 Å². The van der Waals surface area contributed by atoms with Crippen molar-refractivity contribution in [2.24, 2.45) is 0 Å². The maximum Gasteiger partial charge on any atom is 0.237 e. The summed E-state index contributed by atoms with van der Waals surface area (Å²) in [6, 6.07) is 11.4. The standard InChI is InChI=1S/C19H21FN2O4/c1-13(21-8-9-24-16-5-3-2-4-15(16)20)19(23)22-11-14-6-7-17-18(10-14)26-12-25-17/h2-7,10,13,21H,8-9,11-12H2,1H3,(H,22,23)/t13-/m1/s1. The summed E-state index contributed by atoms with van der Waals surface area (Å²) < 4.78 is 29.3. The van der Waals surface area contributed by atoms with Gasteiger partial charge in [-0.2, -0.15) is 0 Å². The number of amides is 1. The van der Waals surface area contributed by atoms with Gasteiger partial charge in [-0.25, -0.2) is 4.39 Å². The van der Waals surface area contributed by atoms with E-state index in [0.29, 0.717) is 24.6 Å². The molecule has 1 heterocycles. The van der Waals surface area contributed by atoms with Crippen molar-refractivity contribution in [3.8, 4) is 17.2 Å². The Morgan fingerprint density at radius 3 is 2.88 bits per heavy atom. The van der Waals surface area contributed by atoms with E-state index in [-0.39, 0.29) is 25.1 Å². The average molecular weight is 360 g/mol. The molecule has 0 fully saturated rings. The van der Waals surface area contributed by atoms with E-state index in [1.165, 1.54) is 6.07 Å². The molecule has 0 radical (unpaired) electrons. The molecule has 1 aliphatic heterocycles. The fraction of sp³-hybridized carbons (Fsp3) is 0.316. The highest BCUT2D eigenvalue weighted by Crippen LogP contribution is 2.32. The fourth-order valence-electron chi connectivity index (χ4n) is 2.48. The third-order valence-corrected chi connectivity index (χ3v) is 3.94. The number of hydrogen-bond acceptors (Lipinski definition) is 5. The predicted molar refractivity (Wildman–Crippen MR) is 93.8 cm³/mol. The first-order valence-corrected chi connectivity index (χ1v) is 8.40. The first-order chi connectivity index (χ1) is 12.6. The third kappa shape index (κ3) is 4.64. The average Bonchev–Trinajstić information content (AvgIpc) is 3.12. The summed E-state index contributed by atoms with van der Waals surface area (Å²) >= 11 is 0. The topological polar surface area (TPSA) is 68.8 Å². The van der Waals surface area contributed by atoms with Gasteiger partial charge in [0.05, 0.1) is 6.04 Å². The molecule has 0 spiro atoms. The summed E-state index contributed by atoms with van der Waals surface area (Å²) in [4.78, 5) is 12.1. The van der Waals surface area contributed by atoms with Crippen LogP contribution in [0.4, 0.5) is 4.39 Å². The van der Waals surface area contributed by atoms with Crippen LogP contribution in [0.3, 0.4) is 0 Å². The number of fused-ring (bicyclic) bond motifs is 1. The van der Waals surface area contributed by atoms with Crippen molar-refractivity contribution in [1.29, 1.82) is 0 Å². The number of nitrogens with one attached hydrogen (secondary N) is 2. The zero-order valence-corrected chi connectivity index (χ0v) is 14.5. The highest BCUT2D eigenvalue weighted by atomic mass is 19.1. The lowest BCUT2D eigenvalue weighted by Gasteiger charge is -2.15. The normalized spacial score (nSPS) is 13.3. The van der Waals surface area contributed by atoms with Gasteiger partial charge in [0, 0.05) is 13.1 Å². The Labute approximate surface area is 151 Å². The second-order valence-corrected chi connectivity index (χ2v) is 5.86. The minimum absolute atomic E-state index is 0.131. The summed E-state index contributed by atoms with van der Waals surface area (Å²) in [5.41, 5.74) is 0.928. The van der Waals surface area contributed by atoms with Crippen LogP contribution in [0, 0.1) is 5.82 Å². The lowest BCUT2D eigenvalue weighted by atomic mass is 10.2. The number of benzene rings is 2. The Kier molecular flexibility index (Phi) is 5.91. The Hall–Kier alpha value is -2.80. The summed E-state index contributed by atoms with van der Waals surface area (Å²) in [6.07, 6.45) is 0. The van der Waals surface area contributed by atoms with Crippen molar-refractivity contribution < 1.29 is 23.4 Å². The van der Waals surface area contributed by atoms with E-state index < -0.39 is 11.9 Å². The molecule has 1 aliphatic rings. The molecule has 2 aromatic carbocycles. The lowest BCUT2D eigenvalue weighted by Crippen LogP contribution is -2.43. The van der Waals surface area contributed by atoms with Crippen LogP contribution < -0.4 is 24.8 Å². The zero-order chi connectivity index (χ0) is 18.4. The quantitative estimate of drug-likeness (QED) is 0.707. The van der Waals surface area contributed by atoms with Crippen LogP contribution in [0.5, 0.6) is 17.2 Å². The number of ether oxygens (including phenoxy) is 3. The molecule has 3 rings (SSSR count). The van der Waals surface area contributed by atoms with E-state index in [1.807, 2.05) is 18.2 Å². The third-order valence-electron chi connectivity index (χ3n) is 3.94. The van der Waals surface area contributed by atoms with Gasteiger partial charge in [0.25, 0.3) is 0 Å². The summed E-state index contributed by atoms with van der Waals surface area (Å²) in [6.45, 7) is 3.07. The summed E-state index contributed by atoms with van der Waals surface area (Å²) in [7, 11) is 0. The van der Waals surface area contributed by atoms with Crippen LogP contribution in [0.1, 0.15) is 12.5 Å². The Morgan fingerprint density at radius 2 is 2.04 bits per heavy atom. The molecule has 138 valence electrons. The number of rotatable bonds is 8. The second kappa shape index (κ2) is 8.53. The SMILES string of the molecule is C[C@@H](NCCOc1ccccc1F)C(=O)NCc1ccc2c(c1)OCO2. The van der Waals surface area contributed by atoms with Crippen LogP contribution in [0.2, 0.25) is 0 Å². The molecule has 0 aliphatic carbocycles. The van der Waals surface area contributed by atoms with Gasteiger partial charge in [0.15, 0.2) is 23.1 Å². The Balaban J connectivity index is 1.37. The van der Waals surface area contributed by atoms with Crippen molar-refractivity contribution >= 4 is 5.91 Å². The largest absolute Gasteiger partial charge is 0.489 e. The molecular formula is C19H21FN2O4. The van der Waals surface area contributed by atoms with Crippen molar-refractivity contribution in [1.82, 2.24) is 10.6 Å². The van der Waals surface area contributed by atoms with E-state index in [9.17, 15) is 9.18 Å². The van der Waals surface area contributed by atoms with E-state index in [2.05, 4.69) is 10.6 Å². The molecule has 0 saturated heterocycles. The molecule has 7 heteroatoms. The second-order valence-electron chi connectivity index (χ2n) is 5.86. The van der Waals surface area contributed by atoms with Crippen molar-refractivity contribution in [3.05, 3.63) is 53.8 Å². The predicted octanol–water partition coefficient (Wildman–Crippen LogP) is 2.23. The van der Waals surface area contributed by atoms with Gasteiger partial charge in [-0.3, -0.25) is 4.79 Å². The molecule has 2 aromatic rings. The molecule has 2 N–H and O–H groups in total. The molecule has 0 bridgehead atoms. The molecule has 1 atom stereocenters. The van der Waals surface area contributed by atoms with Gasteiger partial charge < -0.3 is 24.8 Å². The lowest BCUT2D eigenvalue weighted by molar-refractivity contribution is -0.122. The molecule has 0 aromatic heterocycles. The minimum Gasteiger partial charge on any atom is -0.489 e. The van der Waals surface area contributed by atoms with Crippen molar-refractivity contribution in [2.75, 3.05) is 19.9 Å². The maximum atomic E-state index is 13.4. The van der Waals surface area contributed by atoms with Crippen LogP contribution in [-0.4, -0.2) is 31.9 Å². The van der Waals surface area contributed by atoms with Crippen LogP contribution in [-0.2, 0) is 11.3 Å². The van der Waals surface area contributed by atoms with Gasteiger partial charge >= 0.3 is 0 Å². The van der Waals surface area contributed by atoms with E-state index >= 15 is 0 Å². The number of halogens is 1. The first kappa shape index (κ1) is 18.0. The fourth-order valence-corrected chi connectivity index (χ4v) is 2.48. The van der Waals surface area contributed by atoms with Crippen LogP contribution in [0.15, 0.2) is 42.5 Å². The van der Waals surface area contributed by atoms with E-state index in [0.717, 1.165) is 5.56 Å². The Bertz CT molecular complexity index is 769. The van der Waals surface area contributed by atoms with Crippen LogP contribution in [0.25, 0.3) is 0 Å². The molecule has 26 heavy (non-hydrogen) atoms. The van der Waals surface area contributed by atoms with Gasteiger partial charge in [-0.05, 0) is 36.8 Å². The van der Waals surface area contributed by atoms with E-state index in [4.69, 9.17) is 14.2 Å². The molecule has 0 saturated carbocycles. The van der Waals surface area contributed by atoms with E-state index in [1.54, 1.807) is 25.1 Å². The highest BCUT2D eigenvalue weighted by Gasteiger charge is 2.15. The maximum absolute atomic E-state index is 13.4. The number of hydrogen-bond donors (Lipinski definition) is 2. The molecule has 0 unspecified atom stereocenters. The Morgan fingerprint density at radius 1 is 1.23 bits per heavy atom. The highest BCUT2D eigenvalue weighted by molar-refractivity contribution is 5.81. The van der Waals surface area contributed by atoms with Crippen LogP contribution >= 0.6 is 0 Å². The number of carbonyl (C=O) groups excluding carboxylic acids is 1. The molecule has 6 nitrogen and oxygen atoms in total. The minimum atomic E-state index is -0.401. The summed E-state index contributed by atoms with van der Waals surface area (Å²) in [5.74, 6) is 1.07. The number of para-hydroxylation sites is 1. The van der Waals surface area contributed by atoms with Gasteiger partial charge in [0.2, 0.25) is 12.7 Å². The first-order valence-electron chi connectivity index (χ1n) is 8.40. The monoisotopic (exact) mass is 360 g/mol. The van der Waals surface area contributed by atoms with Crippen molar-refractivity contribution in [2.45, 2.75) is 19.5 Å². The summed E-state index contributed by atoms with van der Waals surface area (Å²) in [5, 5.41) is 5.90. The van der Waals surface area contributed by atoms with Gasteiger partial charge in [-0.15, -0.1) is 0 Å². The van der Waals surface area contributed by atoms with Crippen molar-refractivity contribution in [3.63, 3.8) is 0 Å². The smallest absolute Gasteiger partial charge is 0.237 e. The molecular weight excluding hydrogens is 339 g/mol.